The summed E-state index contributed by atoms with van der Waals surface area (Å²) in [6.45, 7) is 4.64. The summed E-state index contributed by atoms with van der Waals surface area (Å²) in [4.78, 5) is 22.0. The predicted octanol–water partition coefficient (Wildman–Crippen LogP) is 0.0309. The molecule has 0 aromatic carbocycles. The topological polar surface area (TPSA) is 79.4 Å². The van der Waals surface area contributed by atoms with Gasteiger partial charge < -0.3 is 20.3 Å². The fourth-order valence-electron chi connectivity index (χ4n) is 1.87. The van der Waals surface area contributed by atoms with Crippen molar-refractivity contribution in [3.8, 4) is 0 Å². The van der Waals surface area contributed by atoms with Crippen LogP contribution < -0.4 is 15.5 Å². The number of hydrogen-bond donors (Lipinski definition) is 2. The number of rotatable bonds is 9. The molecule has 2 N–H and O–H groups in total. The minimum absolute atomic E-state index is 0.0146. The van der Waals surface area contributed by atoms with E-state index in [0.717, 1.165) is 12.1 Å². The van der Waals surface area contributed by atoms with Crippen LogP contribution in [0, 0.1) is 5.92 Å². The van der Waals surface area contributed by atoms with E-state index in [1.807, 2.05) is 18.9 Å². The third-order valence-electron chi connectivity index (χ3n) is 3.09. The van der Waals surface area contributed by atoms with Crippen LogP contribution in [0.2, 0.25) is 0 Å². The molecule has 118 valence electrons. The highest BCUT2D eigenvalue weighted by Gasteiger charge is 2.15. The molecule has 0 bridgehead atoms. The van der Waals surface area contributed by atoms with Gasteiger partial charge in [-0.1, -0.05) is 6.92 Å². The lowest BCUT2D eigenvalue weighted by molar-refractivity contribution is -0.123. The van der Waals surface area contributed by atoms with E-state index in [9.17, 15) is 4.79 Å². The van der Waals surface area contributed by atoms with E-state index in [-0.39, 0.29) is 11.8 Å². The number of ether oxygens (including phenoxy) is 1. The van der Waals surface area contributed by atoms with Crippen molar-refractivity contribution in [1.82, 2.24) is 20.6 Å². The number of amides is 1. The Morgan fingerprint density at radius 3 is 2.67 bits per heavy atom. The molecule has 1 amide bonds. The van der Waals surface area contributed by atoms with Crippen molar-refractivity contribution in [3.05, 3.63) is 18.0 Å². The number of aromatic nitrogens is 2. The second kappa shape index (κ2) is 9.25. The second-order valence-corrected chi connectivity index (χ2v) is 4.96. The Balaban J connectivity index is 2.47. The molecule has 0 aliphatic heterocycles. The number of anilines is 1. The Labute approximate surface area is 126 Å². The van der Waals surface area contributed by atoms with Crippen LogP contribution in [0.1, 0.15) is 12.5 Å². The summed E-state index contributed by atoms with van der Waals surface area (Å²) in [6.07, 6.45) is 3.59. The highest BCUT2D eigenvalue weighted by Crippen LogP contribution is 2.08. The van der Waals surface area contributed by atoms with Gasteiger partial charge in [0.05, 0.1) is 12.5 Å². The van der Waals surface area contributed by atoms with Crippen LogP contribution in [0.4, 0.5) is 5.95 Å². The quantitative estimate of drug-likeness (QED) is 0.626. The number of nitrogens with one attached hydrogen (secondary N) is 2. The molecule has 1 aromatic heterocycles. The van der Waals surface area contributed by atoms with Gasteiger partial charge in [0.25, 0.3) is 0 Å². The number of methoxy groups -OCH3 is 1. The van der Waals surface area contributed by atoms with Gasteiger partial charge in [0.1, 0.15) is 0 Å². The van der Waals surface area contributed by atoms with Gasteiger partial charge in [-0.15, -0.1) is 0 Å². The molecule has 0 aliphatic carbocycles. The first-order chi connectivity index (χ1) is 10.1. The van der Waals surface area contributed by atoms with Gasteiger partial charge in [-0.05, 0) is 0 Å². The van der Waals surface area contributed by atoms with Crippen molar-refractivity contribution < 1.29 is 9.53 Å². The highest BCUT2D eigenvalue weighted by molar-refractivity contribution is 5.78. The molecule has 7 heteroatoms. The summed E-state index contributed by atoms with van der Waals surface area (Å²) in [5, 5.41) is 5.87. The lowest BCUT2D eigenvalue weighted by Crippen LogP contribution is -2.35. The summed E-state index contributed by atoms with van der Waals surface area (Å²) in [7, 11) is 5.20. The fraction of sp³-hybridized carbons (Fsp3) is 0.643. The average Bonchev–Trinajstić information content (AvgIpc) is 2.51. The molecule has 0 saturated carbocycles. The van der Waals surface area contributed by atoms with Crippen LogP contribution in [-0.2, 0) is 16.1 Å². The van der Waals surface area contributed by atoms with Crippen LogP contribution in [0.5, 0.6) is 0 Å². The largest absolute Gasteiger partial charge is 0.383 e. The third kappa shape index (κ3) is 6.05. The normalized spacial score (nSPS) is 12.0. The van der Waals surface area contributed by atoms with Crippen LogP contribution in [-0.4, -0.2) is 56.8 Å². The molecule has 0 saturated heterocycles. The van der Waals surface area contributed by atoms with E-state index in [2.05, 4.69) is 20.6 Å². The number of hydrogen-bond acceptors (Lipinski definition) is 6. The van der Waals surface area contributed by atoms with E-state index < -0.39 is 0 Å². The SMILES string of the molecule is CNC(=O)C(C)CN(C)c1ncc(CNCCOC)cn1. The zero-order chi connectivity index (χ0) is 15.7. The Hall–Kier alpha value is -1.73. The molecule has 1 rings (SSSR count). The zero-order valence-corrected chi connectivity index (χ0v) is 13.2. The van der Waals surface area contributed by atoms with E-state index in [1.165, 1.54) is 0 Å². The molecule has 7 nitrogen and oxygen atoms in total. The average molecular weight is 295 g/mol. The number of carbonyl (C=O) groups is 1. The molecule has 1 unspecified atom stereocenters. The van der Waals surface area contributed by atoms with Gasteiger partial charge in [0.15, 0.2) is 0 Å². The molecular formula is C14H25N5O2. The standard InChI is InChI=1S/C14H25N5O2/c1-11(13(20)15-2)10-19(3)14-17-8-12(9-18-14)7-16-5-6-21-4/h8-9,11,16H,5-7,10H2,1-4H3,(H,15,20). The lowest BCUT2D eigenvalue weighted by atomic mass is 10.1. The van der Waals surface area contributed by atoms with Crippen LogP contribution >= 0.6 is 0 Å². The smallest absolute Gasteiger partial charge is 0.225 e. The third-order valence-corrected chi connectivity index (χ3v) is 3.09. The molecule has 21 heavy (non-hydrogen) atoms. The Morgan fingerprint density at radius 1 is 1.43 bits per heavy atom. The van der Waals surface area contributed by atoms with Crippen molar-refractivity contribution in [1.29, 1.82) is 0 Å². The van der Waals surface area contributed by atoms with Crippen LogP contribution in [0.25, 0.3) is 0 Å². The number of nitrogens with zero attached hydrogens (tertiary/aromatic N) is 3. The molecule has 0 radical (unpaired) electrons. The van der Waals surface area contributed by atoms with Crippen molar-refractivity contribution >= 4 is 11.9 Å². The Bertz CT molecular complexity index is 424. The van der Waals surface area contributed by atoms with Crippen molar-refractivity contribution in [2.45, 2.75) is 13.5 Å². The van der Waals surface area contributed by atoms with Gasteiger partial charge in [0.2, 0.25) is 11.9 Å². The monoisotopic (exact) mass is 295 g/mol. The lowest BCUT2D eigenvalue weighted by Gasteiger charge is -2.20. The van der Waals surface area contributed by atoms with Crippen molar-refractivity contribution in [2.75, 3.05) is 45.8 Å². The molecule has 0 fully saturated rings. The van der Waals surface area contributed by atoms with Gasteiger partial charge in [0, 0.05) is 58.8 Å². The summed E-state index contributed by atoms with van der Waals surface area (Å²) >= 11 is 0. The fourth-order valence-corrected chi connectivity index (χ4v) is 1.87. The Kier molecular flexibility index (Phi) is 7.63. The predicted molar refractivity (Wildman–Crippen MR) is 82.1 cm³/mol. The van der Waals surface area contributed by atoms with Gasteiger partial charge in [-0.2, -0.15) is 0 Å². The summed E-state index contributed by atoms with van der Waals surface area (Å²) in [6, 6.07) is 0. The van der Waals surface area contributed by atoms with Crippen molar-refractivity contribution in [3.63, 3.8) is 0 Å². The summed E-state index contributed by atoms with van der Waals surface area (Å²) in [5.41, 5.74) is 1.02. The number of carbonyl (C=O) groups excluding carboxylic acids is 1. The second-order valence-electron chi connectivity index (χ2n) is 4.96. The van der Waals surface area contributed by atoms with Crippen LogP contribution in [0.3, 0.4) is 0 Å². The first-order valence-corrected chi connectivity index (χ1v) is 7.01. The maximum absolute atomic E-state index is 11.5. The molecule has 1 atom stereocenters. The van der Waals surface area contributed by atoms with E-state index in [0.29, 0.717) is 25.6 Å². The van der Waals surface area contributed by atoms with E-state index in [1.54, 1.807) is 26.6 Å². The summed E-state index contributed by atoms with van der Waals surface area (Å²) < 4.78 is 4.96. The first kappa shape index (κ1) is 17.3. The minimum atomic E-state index is -0.112. The maximum atomic E-state index is 11.5. The van der Waals surface area contributed by atoms with Gasteiger partial charge in [-0.25, -0.2) is 9.97 Å². The molecule has 1 aromatic rings. The van der Waals surface area contributed by atoms with Crippen LogP contribution in [0.15, 0.2) is 12.4 Å². The van der Waals surface area contributed by atoms with Crippen molar-refractivity contribution in [2.24, 2.45) is 5.92 Å². The molecule has 0 aliphatic rings. The Morgan fingerprint density at radius 2 is 2.10 bits per heavy atom. The van der Waals surface area contributed by atoms with E-state index in [4.69, 9.17) is 4.74 Å². The van der Waals surface area contributed by atoms with Gasteiger partial charge >= 0.3 is 0 Å². The van der Waals surface area contributed by atoms with E-state index >= 15 is 0 Å². The zero-order valence-electron chi connectivity index (χ0n) is 13.2. The molecular weight excluding hydrogens is 270 g/mol. The van der Waals surface area contributed by atoms with Gasteiger partial charge in [-0.3, -0.25) is 4.79 Å². The minimum Gasteiger partial charge on any atom is -0.383 e. The maximum Gasteiger partial charge on any atom is 0.225 e. The molecule has 1 heterocycles. The first-order valence-electron chi connectivity index (χ1n) is 7.01. The summed E-state index contributed by atoms with van der Waals surface area (Å²) in [5.74, 6) is 0.520. The highest BCUT2D eigenvalue weighted by atomic mass is 16.5. The molecule has 0 spiro atoms.